The van der Waals surface area contributed by atoms with Crippen molar-refractivity contribution in [1.82, 2.24) is 19.1 Å². The highest BCUT2D eigenvalue weighted by Gasteiger charge is 2.16. The fourth-order valence-corrected chi connectivity index (χ4v) is 2.77. The Kier molecular flexibility index (Phi) is 6.18. The summed E-state index contributed by atoms with van der Waals surface area (Å²) in [4.78, 5) is 30.9. The number of nitrogens with zero attached hydrogens (tertiary/aromatic N) is 4. The Morgan fingerprint density at radius 3 is 2.72 bits per heavy atom. The van der Waals surface area contributed by atoms with Crippen molar-refractivity contribution in [3.63, 3.8) is 0 Å². The van der Waals surface area contributed by atoms with Gasteiger partial charge in [0.25, 0.3) is 5.56 Å². The largest absolute Gasteiger partial charge is 0.494 e. The van der Waals surface area contributed by atoms with E-state index < -0.39 is 11.2 Å². The van der Waals surface area contributed by atoms with Crippen LogP contribution in [0.4, 0.5) is 5.95 Å². The Hall–Kier alpha value is -3.33. The molecule has 2 heterocycles. The number of aromatic amines is 1. The Morgan fingerprint density at radius 2 is 2.07 bits per heavy atom. The van der Waals surface area contributed by atoms with Crippen LogP contribution in [-0.2, 0) is 13.6 Å². The molecule has 0 aliphatic heterocycles. The molecule has 0 amide bonds. The molecule has 2 N–H and O–H groups in total. The molecular weight excluding hydrogens is 396 g/mol. The molecule has 29 heavy (non-hydrogen) atoms. The molecule has 0 saturated heterocycles. The first-order valence-electron chi connectivity index (χ1n) is 8.94. The zero-order valence-electron chi connectivity index (χ0n) is 16.3. The lowest BCUT2D eigenvalue weighted by Gasteiger charge is -2.05. The van der Waals surface area contributed by atoms with Gasteiger partial charge in [0, 0.05) is 18.6 Å². The standard InChI is InChI=1S/C19H21ClN6O3/c1-4-29-14-7-5-13(6-8-14)11-21-24-18-22-16-15(26(18)10-9-12(2)20)17(27)23-19(28)25(16)3/h5-9,11H,4,10H2,1-3H3,(H,22,24)(H,23,27,28)/b12-9-,21-11+. The van der Waals surface area contributed by atoms with Gasteiger partial charge in [0.2, 0.25) is 5.95 Å². The molecule has 1 aromatic carbocycles. The van der Waals surface area contributed by atoms with Gasteiger partial charge >= 0.3 is 5.69 Å². The van der Waals surface area contributed by atoms with Crippen molar-refractivity contribution in [2.24, 2.45) is 12.1 Å². The number of anilines is 1. The molecule has 3 aromatic rings. The van der Waals surface area contributed by atoms with Gasteiger partial charge in [-0.3, -0.25) is 18.9 Å². The molecular formula is C19H21ClN6O3. The van der Waals surface area contributed by atoms with Crippen molar-refractivity contribution in [3.8, 4) is 5.75 Å². The number of allylic oxidation sites excluding steroid dienone is 2. The van der Waals surface area contributed by atoms with Crippen molar-refractivity contribution in [3.05, 3.63) is 61.8 Å². The highest BCUT2D eigenvalue weighted by molar-refractivity contribution is 6.29. The van der Waals surface area contributed by atoms with E-state index in [9.17, 15) is 9.59 Å². The molecule has 0 fully saturated rings. The number of hydrazone groups is 1. The van der Waals surface area contributed by atoms with E-state index in [0.29, 0.717) is 17.6 Å². The first kappa shape index (κ1) is 20.4. The minimum absolute atomic E-state index is 0.248. The summed E-state index contributed by atoms with van der Waals surface area (Å²) in [6.07, 6.45) is 3.35. The van der Waals surface area contributed by atoms with E-state index in [1.165, 1.54) is 11.6 Å². The summed E-state index contributed by atoms with van der Waals surface area (Å²) in [5.41, 5.74) is 3.12. The molecule has 0 unspecified atom stereocenters. The van der Waals surface area contributed by atoms with Crippen LogP contribution in [0.25, 0.3) is 11.2 Å². The Labute approximate surface area is 171 Å². The van der Waals surface area contributed by atoms with Gasteiger partial charge in [-0.1, -0.05) is 17.7 Å². The Balaban J connectivity index is 1.95. The topological polar surface area (TPSA) is 106 Å². The maximum atomic E-state index is 12.3. The van der Waals surface area contributed by atoms with Crippen molar-refractivity contribution in [2.45, 2.75) is 20.4 Å². The lowest BCUT2D eigenvalue weighted by atomic mass is 10.2. The van der Waals surface area contributed by atoms with Crippen molar-refractivity contribution < 1.29 is 4.74 Å². The summed E-state index contributed by atoms with van der Waals surface area (Å²) in [5.74, 6) is 1.09. The maximum Gasteiger partial charge on any atom is 0.329 e. The normalized spacial score (nSPS) is 12.1. The number of fused-ring (bicyclic) bond motifs is 1. The average Bonchev–Trinajstić information content (AvgIpc) is 3.05. The van der Waals surface area contributed by atoms with E-state index in [-0.39, 0.29) is 17.7 Å². The summed E-state index contributed by atoms with van der Waals surface area (Å²) in [6, 6.07) is 7.44. The smallest absolute Gasteiger partial charge is 0.329 e. The monoisotopic (exact) mass is 416 g/mol. The molecule has 0 aliphatic carbocycles. The number of hydrogen-bond donors (Lipinski definition) is 2. The third kappa shape index (κ3) is 4.57. The molecule has 152 valence electrons. The molecule has 0 spiro atoms. The molecule has 0 bridgehead atoms. The van der Waals surface area contributed by atoms with Gasteiger partial charge in [0.05, 0.1) is 12.8 Å². The van der Waals surface area contributed by atoms with Gasteiger partial charge in [-0.05, 0) is 43.7 Å². The first-order chi connectivity index (χ1) is 13.9. The third-order valence-electron chi connectivity index (χ3n) is 4.13. The van der Waals surface area contributed by atoms with Gasteiger partial charge in [0.1, 0.15) is 5.75 Å². The number of aromatic nitrogens is 4. The second-order valence-electron chi connectivity index (χ2n) is 6.20. The van der Waals surface area contributed by atoms with E-state index in [4.69, 9.17) is 16.3 Å². The van der Waals surface area contributed by atoms with E-state index in [2.05, 4.69) is 20.5 Å². The van der Waals surface area contributed by atoms with Crippen LogP contribution in [0.2, 0.25) is 0 Å². The first-order valence-corrected chi connectivity index (χ1v) is 9.32. The fourth-order valence-electron chi connectivity index (χ4n) is 2.70. The minimum atomic E-state index is -0.541. The van der Waals surface area contributed by atoms with E-state index in [1.807, 2.05) is 31.2 Å². The second-order valence-corrected chi connectivity index (χ2v) is 6.80. The molecule has 3 rings (SSSR count). The number of aryl methyl sites for hydroxylation is 1. The molecule has 0 atom stereocenters. The molecule has 0 aliphatic rings. The van der Waals surface area contributed by atoms with Crippen LogP contribution in [0.1, 0.15) is 19.4 Å². The number of hydrogen-bond acceptors (Lipinski definition) is 6. The number of benzene rings is 1. The summed E-state index contributed by atoms with van der Waals surface area (Å²) < 4.78 is 8.29. The lowest BCUT2D eigenvalue weighted by Crippen LogP contribution is -2.29. The number of rotatable bonds is 7. The van der Waals surface area contributed by atoms with Gasteiger partial charge in [0.15, 0.2) is 11.2 Å². The SMILES string of the molecule is CCOc1ccc(/C=N/Nc2nc3c(c(=O)[nH]c(=O)n3C)n2C/C=C(/C)Cl)cc1. The zero-order chi connectivity index (χ0) is 21.0. The minimum Gasteiger partial charge on any atom is -0.494 e. The molecule has 10 heteroatoms. The number of ether oxygens (including phenoxy) is 1. The van der Waals surface area contributed by atoms with Crippen molar-refractivity contribution >= 4 is 34.9 Å². The Bertz CT molecular complexity index is 1180. The summed E-state index contributed by atoms with van der Waals surface area (Å²) in [7, 11) is 1.54. The fraction of sp³-hybridized carbons (Fsp3) is 0.263. The highest BCUT2D eigenvalue weighted by Crippen LogP contribution is 2.16. The number of halogens is 1. The van der Waals surface area contributed by atoms with E-state index in [1.54, 1.807) is 23.8 Å². The lowest BCUT2D eigenvalue weighted by molar-refractivity contribution is 0.340. The maximum absolute atomic E-state index is 12.3. The van der Waals surface area contributed by atoms with Crippen LogP contribution in [0.3, 0.4) is 0 Å². The second kappa shape index (κ2) is 8.78. The highest BCUT2D eigenvalue weighted by atomic mass is 35.5. The van der Waals surface area contributed by atoms with Crippen molar-refractivity contribution in [2.75, 3.05) is 12.0 Å². The zero-order valence-corrected chi connectivity index (χ0v) is 17.0. The predicted octanol–water partition coefficient (Wildman–Crippen LogP) is 2.41. The van der Waals surface area contributed by atoms with Crippen LogP contribution in [0.15, 0.2) is 50.1 Å². The average molecular weight is 417 g/mol. The van der Waals surface area contributed by atoms with Gasteiger partial charge in [-0.15, -0.1) is 0 Å². The molecule has 0 radical (unpaired) electrons. The third-order valence-corrected chi connectivity index (χ3v) is 4.29. The van der Waals surface area contributed by atoms with Gasteiger partial charge < -0.3 is 4.74 Å². The van der Waals surface area contributed by atoms with Gasteiger partial charge in [-0.25, -0.2) is 10.2 Å². The molecule has 9 nitrogen and oxygen atoms in total. The molecule has 0 saturated carbocycles. The summed E-state index contributed by atoms with van der Waals surface area (Å²) in [6.45, 7) is 4.54. The quantitative estimate of drug-likeness (QED) is 0.454. The van der Waals surface area contributed by atoms with Crippen molar-refractivity contribution in [1.29, 1.82) is 0 Å². The summed E-state index contributed by atoms with van der Waals surface area (Å²) >= 11 is 5.94. The van der Waals surface area contributed by atoms with Crippen LogP contribution in [0.5, 0.6) is 5.75 Å². The summed E-state index contributed by atoms with van der Waals surface area (Å²) in [5, 5.41) is 4.77. The molecule has 2 aromatic heterocycles. The van der Waals surface area contributed by atoms with Crippen LogP contribution < -0.4 is 21.4 Å². The van der Waals surface area contributed by atoms with E-state index >= 15 is 0 Å². The van der Waals surface area contributed by atoms with Crippen LogP contribution >= 0.6 is 11.6 Å². The number of imidazole rings is 1. The van der Waals surface area contributed by atoms with Crippen LogP contribution in [0, 0.1) is 0 Å². The van der Waals surface area contributed by atoms with Gasteiger partial charge in [-0.2, -0.15) is 10.1 Å². The number of H-pyrrole nitrogens is 1. The van der Waals surface area contributed by atoms with Crippen LogP contribution in [-0.4, -0.2) is 31.9 Å². The number of nitrogens with one attached hydrogen (secondary N) is 2. The van der Waals surface area contributed by atoms with E-state index in [0.717, 1.165) is 11.3 Å². The Morgan fingerprint density at radius 1 is 1.34 bits per heavy atom. The predicted molar refractivity (Wildman–Crippen MR) is 114 cm³/mol.